The van der Waals surface area contributed by atoms with Gasteiger partial charge in [0.25, 0.3) is 0 Å². The molecule has 0 radical (unpaired) electrons. The summed E-state index contributed by atoms with van der Waals surface area (Å²) in [6.45, 7) is 12.7. The van der Waals surface area contributed by atoms with Gasteiger partial charge in [0, 0.05) is 25.7 Å². The summed E-state index contributed by atoms with van der Waals surface area (Å²) in [7, 11) is 1.83. The van der Waals surface area contributed by atoms with E-state index >= 15 is 0 Å². The van der Waals surface area contributed by atoms with Crippen LogP contribution in [0.25, 0.3) is 0 Å². The Morgan fingerprint density at radius 3 is 2.44 bits per heavy atom. The molecule has 1 aromatic rings. The Labute approximate surface area is 170 Å². The second kappa shape index (κ2) is 12.5. The number of aliphatic imine (C=N–C) groups is 1. The summed E-state index contributed by atoms with van der Waals surface area (Å²) in [4.78, 5) is 4.32. The molecule has 0 aliphatic carbocycles. The van der Waals surface area contributed by atoms with Crippen LogP contribution in [0.4, 0.5) is 0 Å². The minimum atomic E-state index is 0. The predicted molar refractivity (Wildman–Crippen MR) is 117 cm³/mol. The largest absolute Gasteiger partial charge is 0.361 e. The van der Waals surface area contributed by atoms with Crippen LogP contribution >= 0.6 is 24.0 Å². The molecule has 0 spiro atoms. The summed E-state index contributed by atoms with van der Waals surface area (Å²) in [5.74, 6) is 1.82. The normalized spacial score (nSPS) is 12.0. The fraction of sp³-hybridized carbons (Fsp3) is 0.789. The molecule has 0 amide bonds. The monoisotopic (exact) mass is 464 g/mol. The molecule has 25 heavy (non-hydrogen) atoms. The van der Waals surface area contributed by atoms with Crippen molar-refractivity contribution in [1.82, 2.24) is 15.8 Å². The van der Waals surface area contributed by atoms with Gasteiger partial charge in [0.2, 0.25) is 0 Å². The van der Waals surface area contributed by atoms with Crippen LogP contribution < -0.4 is 10.6 Å². The molecular formula is C19H37IN4O. The number of nitrogens with zero attached hydrogens (tertiary/aromatic N) is 2. The van der Waals surface area contributed by atoms with Crippen LogP contribution in [-0.4, -0.2) is 31.3 Å². The highest BCUT2D eigenvalue weighted by Crippen LogP contribution is 2.22. The fourth-order valence-electron chi connectivity index (χ4n) is 2.82. The lowest BCUT2D eigenvalue weighted by Crippen LogP contribution is -2.42. The van der Waals surface area contributed by atoms with Crippen molar-refractivity contribution in [2.45, 2.75) is 73.1 Å². The molecular weight excluding hydrogens is 427 g/mol. The number of nitrogens with one attached hydrogen (secondary N) is 2. The summed E-state index contributed by atoms with van der Waals surface area (Å²) >= 11 is 0. The van der Waals surface area contributed by atoms with Gasteiger partial charge in [-0.25, -0.2) is 0 Å². The molecule has 2 N–H and O–H groups in total. The number of unbranched alkanes of at least 4 members (excludes halogenated alkanes) is 2. The number of rotatable bonds is 10. The van der Waals surface area contributed by atoms with Crippen LogP contribution in [0.2, 0.25) is 0 Å². The van der Waals surface area contributed by atoms with Gasteiger partial charge in [-0.15, -0.1) is 24.0 Å². The van der Waals surface area contributed by atoms with Crippen molar-refractivity contribution in [1.29, 1.82) is 0 Å². The van der Waals surface area contributed by atoms with Crippen molar-refractivity contribution in [3.63, 3.8) is 0 Å². The summed E-state index contributed by atoms with van der Waals surface area (Å²) in [5.41, 5.74) is 2.53. The molecule has 1 aromatic heterocycles. The molecule has 6 heteroatoms. The van der Waals surface area contributed by atoms with Gasteiger partial charge < -0.3 is 15.2 Å². The first kappa shape index (κ1) is 24.2. The predicted octanol–water partition coefficient (Wildman–Crippen LogP) is 4.61. The van der Waals surface area contributed by atoms with Gasteiger partial charge in [-0.2, -0.15) is 0 Å². The van der Waals surface area contributed by atoms with Gasteiger partial charge in [-0.1, -0.05) is 45.2 Å². The van der Waals surface area contributed by atoms with Crippen LogP contribution in [-0.2, 0) is 6.42 Å². The topological polar surface area (TPSA) is 62.5 Å². The second-order valence-electron chi connectivity index (χ2n) is 7.38. The van der Waals surface area contributed by atoms with Crippen molar-refractivity contribution in [3.8, 4) is 0 Å². The van der Waals surface area contributed by atoms with E-state index < -0.39 is 0 Å². The minimum Gasteiger partial charge on any atom is -0.361 e. The zero-order chi connectivity index (χ0) is 18.0. The van der Waals surface area contributed by atoms with Crippen molar-refractivity contribution < 1.29 is 4.52 Å². The lowest BCUT2D eigenvalue weighted by molar-refractivity contribution is 0.318. The molecule has 5 nitrogen and oxygen atoms in total. The van der Waals surface area contributed by atoms with Crippen molar-refractivity contribution >= 4 is 29.9 Å². The Hall–Kier alpha value is -0.790. The molecule has 1 rings (SSSR count). The van der Waals surface area contributed by atoms with E-state index in [0.29, 0.717) is 5.41 Å². The summed E-state index contributed by atoms with van der Waals surface area (Å²) in [5, 5.41) is 10.9. The van der Waals surface area contributed by atoms with E-state index in [9.17, 15) is 0 Å². The van der Waals surface area contributed by atoms with Crippen LogP contribution in [0.15, 0.2) is 9.52 Å². The molecule has 0 atom stereocenters. The standard InChI is InChI=1S/C19H36N4O.HI/c1-7-8-9-12-19(4,5)14-22-18(20-6)21-13-10-11-17-15(2)23-24-16(17)3;/h7-14H2,1-6H3,(H2,20,21,22);1H. The lowest BCUT2D eigenvalue weighted by atomic mass is 9.87. The van der Waals surface area contributed by atoms with Crippen LogP contribution in [0.5, 0.6) is 0 Å². The minimum absolute atomic E-state index is 0. The number of aromatic nitrogens is 1. The maximum atomic E-state index is 5.20. The molecule has 0 aliphatic heterocycles. The third-order valence-corrected chi connectivity index (χ3v) is 4.49. The first-order valence-corrected chi connectivity index (χ1v) is 9.26. The van der Waals surface area contributed by atoms with E-state index in [2.05, 4.69) is 41.6 Å². The number of hydrogen-bond acceptors (Lipinski definition) is 3. The SMILES string of the molecule is CCCCCC(C)(C)CNC(=NC)NCCCc1c(C)noc1C.I. The second-order valence-corrected chi connectivity index (χ2v) is 7.38. The van der Waals surface area contributed by atoms with Gasteiger partial charge in [0.1, 0.15) is 5.76 Å². The molecule has 0 unspecified atom stereocenters. The van der Waals surface area contributed by atoms with Crippen LogP contribution in [0.3, 0.4) is 0 Å². The van der Waals surface area contributed by atoms with E-state index in [1.807, 2.05) is 20.9 Å². The molecule has 0 aromatic carbocycles. The molecule has 0 bridgehead atoms. The zero-order valence-electron chi connectivity index (χ0n) is 16.9. The first-order valence-electron chi connectivity index (χ1n) is 9.26. The molecule has 1 heterocycles. The highest BCUT2D eigenvalue weighted by Gasteiger charge is 2.17. The van der Waals surface area contributed by atoms with Crippen LogP contribution in [0, 0.1) is 19.3 Å². The van der Waals surface area contributed by atoms with Crippen molar-refractivity contribution in [2.75, 3.05) is 20.1 Å². The van der Waals surface area contributed by atoms with Crippen molar-refractivity contribution in [3.05, 3.63) is 17.0 Å². The number of aryl methyl sites for hydroxylation is 2. The summed E-state index contributed by atoms with van der Waals surface area (Å²) < 4.78 is 5.20. The Balaban J connectivity index is 0.00000576. The van der Waals surface area contributed by atoms with E-state index in [4.69, 9.17) is 4.52 Å². The van der Waals surface area contributed by atoms with Gasteiger partial charge >= 0.3 is 0 Å². The Kier molecular flexibility index (Phi) is 12.1. The number of halogens is 1. The Bertz CT molecular complexity index is 492. The quantitative estimate of drug-likeness (QED) is 0.230. The zero-order valence-corrected chi connectivity index (χ0v) is 19.2. The van der Waals surface area contributed by atoms with E-state index in [1.165, 1.54) is 31.2 Å². The summed E-state index contributed by atoms with van der Waals surface area (Å²) in [6.07, 6.45) is 7.15. The fourth-order valence-corrected chi connectivity index (χ4v) is 2.82. The van der Waals surface area contributed by atoms with Crippen LogP contribution in [0.1, 0.15) is 69.9 Å². The number of guanidine groups is 1. The first-order chi connectivity index (χ1) is 11.4. The average molecular weight is 464 g/mol. The molecule has 0 saturated carbocycles. The average Bonchev–Trinajstić information content (AvgIpc) is 2.86. The van der Waals surface area contributed by atoms with Gasteiger partial charge in [-0.3, -0.25) is 4.99 Å². The third-order valence-electron chi connectivity index (χ3n) is 4.49. The van der Waals surface area contributed by atoms with E-state index in [0.717, 1.165) is 43.3 Å². The summed E-state index contributed by atoms with van der Waals surface area (Å²) in [6, 6.07) is 0. The highest BCUT2D eigenvalue weighted by molar-refractivity contribution is 14.0. The lowest BCUT2D eigenvalue weighted by Gasteiger charge is -2.26. The molecule has 0 aliphatic rings. The smallest absolute Gasteiger partial charge is 0.190 e. The maximum Gasteiger partial charge on any atom is 0.190 e. The Morgan fingerprint density at radius 2 is 1.88 bits per heavy atom. The van der Waals surface area contributed by atoms with E-state index in [1.54, 1.807) is 0 Å². The molecule has 0 saturated heterocycles. The number of hydrogen-bond donors (Lipinski definition) is 2. The van der Waals surface area contributed by atoms with E-state index in [-0.39, 0.29) is 24.0 Å². The molecule has 0 fully saturated rings. The Morgan fingerprint density at radius 1 is 1.16 bits per heavy atom. The highest BCUT2D eigenvalue weighted by atomic mass is 127. The molecule has 146 valence electrons. The van der Waals surface area contributed by atoms with Gasteiger partial charge in [0.15, 0.2) is 5.96 Å². The van der Waals surface area contributed by atoms with Gasteiger partial charge in [0.05, 0.1) is 5.69 Å². The van der Waals surface area contributed by atoms with Gasteiger partial charge in [-0.05, 0) is 38.5 Å². The van der Waals surface area contributed by atoms with Crippen molar-refractivity contribution in [2.24, 2.45) is 10.4 Å². The third kappa shape index (κ3) is 9.47. The maximum absolute atomic E-state index is 5.20.